The molecule has 0 aromatic heterocycles. The molecule has 0 bridgehead atoms. The van der Waals surface area contributed by atoms with E-state index in [0.29, 0.717) is 10.7 Å². The van der Waals surface area contributed by atoms with E-state index in [1.165, 1.54) is 19.1 Å². The van der Waals surface area contributed by atoms with Gasteiger partial charge in [-0.3, -0.25) is 0 Å². The smallest absolute Gasteiger partial charge is 0.355 e. The van der Waals surface area contributed by atoms with Crippen LogP contribution in [0.15, 0.2) is 33.9 Å². The molecule has 1 aromatic carbocycles. The van der Waals surface area contributed by atoms with Crippen molar-refractivity contribution in [2.45, 2.75) is 0 Å². The number of anilines is 1. The van der Waals surface area contributed by atoms with Crippen LogP contribution in [0, 0.1) is 0 Å². The number of carbonyl (C=O) groups excluding carboxylic acids is 2. The van der Waals surface area contributed by atoms with E-state index in [1.54, 1.807) is 18.2 Å². The molecule has 118 valence electrons. The zero-order valence-corrected chi connectivity index (χ0v) is 14.2. The molecule has 0 saturated heterocycles. The Balaban J connectivity index is 2.57. The average molecular weight is 391 g/mol. The normalized spacial score (nSPS) is 14.8. The van der Waals surface area contributed by atoms with Gasteiger partial charge in [0.25, 0.3) is 0 Å². The van der Waals surface area contributed by atoms with Crippen molar-refractivity contribution in [3.8, 4) is 0 Å². The third-order valence-corrected chi connectivity index (χ3v) is 3.67. The standard InChI is InChI=1S/C14H13BrClNO5/c1-20-13(18)11-6-22-7-17(12(11)14(19)21-2)10-4-8(15)3-9(16)5-10/h3-5H,6-7H2,1-2H3. The molecule has 1 heterocycles. The highest BCUT2D eigenvalue weighted by atomic mass is 79.9. The summed E-state index contributed by atoms with van der Waals surface area (Å²) in [4.78, 5) is 25.5. The number of nitrogens with zero attached hydrogens (tertiary/aromatic N) is 1. The Kier molecular flexibility index (Phi) is 5.44. The molecule has 0 N–H and O–H groups in total. The maximum atomic E-state index is 12.1. The first-order chi connectivity index (χ1) is 10.5. The van der Waals surface area contributed by atoms with Gasteiger partial charge in [0.05, 0.1) is 26.4 Å². The maximum Gasteiger partial charge on any atom is 0.355 e. The molecule has 0 amide bonds. The summed E-state index contributed by atoms with van der Waals surface area (Å²) in [6.45, 7) is 0.0487. The number of methoxy groups -OCH3 is 2. The molecular formula is C14H13BrClNO5. The van der Waals surface area contributed by atoms with Crippen molar-refractivity contribution in [3.05, 3.63) is 39.0 Å². The molecular weight excluding hydrogens is 378 g/mol. The molecule has 0 saturated carbocycles. The van der Waals surface area contributed by atoms with Gasteiger partial charge in [0.2, 0.25) is 0 Å². The zero-order chi connectivity index (χ0) is 16.3. The third kappa shape index (κ3) is 3.43. The van der Waals surface area contributed by atoms with Crippen molar-refractivity contribution >= 4 is 45.2 Å². The van der Waals surface area contributed by atoms with Gasteiger partial charge in [0, 0.05) is 15.2 Å². The molecule has 0 fully saturated rings. The van der Waals surface area contributed by atoms with Crippen LogP contribution in [0.5, 0.6) is 0 Å². The largest absolute Gasteiger partial charge is 0.466 e. The lowest BCUT2D eigenvalue weighted by Crippen LogP contribution is -2.38. The molecule has 22 heavy (non-hydrogen) atoms. The molecule has 0 radical (unpaired) electrons. The molecule has 0 unspecified atom stereocenters. The van der Waals surface area contributed by atoms with E-state index >= 15 is 0 Å². The highest BCUT2D eigenvalue weighted by molar-refractivity contribution is 9.10. The van der Waals surface area contributed by atoms with Gasteiger partial charge in [0.15, 0.2) is 0 Å². The Morgan fingerprint density at radius 1 is 1.23 bits per heavy atom. The summed E-state index contributed by atoms with van der Waals surface area (Å²) in [6.07, 6.45) is 0. The topological polar surface area (TPSA) is 65.1 Å². The summed E-state index contributed by atoms with van der Waals surface area (Å²) in [7, 11) is 2.48. The van der Waals surface area contributed by atoms with Crippen molar-refractivity contribution in [1.82, 2.24) is 0 Å². The van der Waals surface area contributed by atoms with Gasteiger partial charge in [-0.15, -0.1) is 0 Å². The highest BCUT2D eigenvalue weighted by Crippen LogP contribution is 2.31. The summed E-state index contributed by atoms with van der Waals surface area (Å²) in [6, 6.07) is 5.11. The lowest BCUT2D eigenvalue weighted by molar-refractivity contribution is -0.140. The Morgan fingerprint density at radius 2 is 1.91 bits per heavy atom. The molecule has 0 aliphatic carbocycles. The SMILES string of the molecule is COC(=O)C1=C(C(=O)OC)N(c2cc(Cl)cc(Br)c2)COC1. The van der Waals surface area contributed by atoms with Crippen LogP contribution in [0.25, 0.3) is 0 Å². The second-order valence-corrected chi connectivity index (χ2v) is 5.70. The van der Waals surface area contributed by atoms with Crippen molar-refractivity contribution in [2.24, 2.45) is 0 Å². The molecule has 0 atom stereocenters. The number of hydrogen-bond acceptors (Lipinski definition) is 6. The second-order valence-electron chi connectivity index (χ2n) is 4.34. The first kappa shape index (κ1) is 16.8. The molecule has 2 rings (SSSR count). The van der Waals surface area contributed by atoms with Crippen LogP contribution in [0.3, 0.4) is 0 Å². The first-order valence-electron chi connectivity index (χ1n) is 6.19. The fourth-order valence-electron chi connectivity index (χ4n) is 2.04. The van der Waals surface area contributed by atoms with E-state index in [-0.39, 0.29) is 24.6 Å². The van der Waals surface area contributed by atoms with Crippen LogP contribution >= 0.6 is 27.5 Å². The Labute approximate surface area is 140 Å². The number of carbonyl (C=O) groups is 2. The number of benzene rings is 1. The molecule has 6 nitrogen and oxygen atoms in total. The molecule has 1 aliphatic rings. The third-order valence-electron chi connectivity index (χ3n) is 2.99. The predicted molar refractivity (Wildman–Crippen MR) is 83.5 cm³/mol. The fourth-order valence-corrected chi connectivity index (χ4v) is 2.88. The van der Waals surface area contributed by atoms with Crippen LogP contribution in [0.4, 0.5) is 5.69 Å². The van der Waals surface area contributed by atoms with Crippen molar-refractivity contribution in [2.75, 3.05) is 32.5 Å². The minimum absolute atomic E-state index is 0.0324. The van der Waals surface area contributed by atoms with Crippen LogP contribution < -0.4 is 4.90 Å². The van der Waals surface area contributed by atoms with E-state index in [0.717, 1.165) is 4.47 Å². The van der Waals surface area contributed by atoms with E-state index < -0.39 is 11.9 Å². The highest BCUT2D eigenvalue weighted by Gasteiger charge is 2.32. The van der Waals surface area contributed by atoms with Crippen LogP contribution in [0.1, 0.15) is 0 Å². The summed E-state index contributed by atoms with van der Waals surface area (Å²) in [5.74, 6) is -1.30. The van der Waals surface area contributed by atoms with E-state index in [9.17, 15) is 9.59 Å². The summed E-state index contributed by atoms with van der Waals surface area (Å²) in [5.41, 5.74) is 0.757. The summed E-state index contributed by atoms with van der Waals surface area (Å²) >= 11 is 9.37. The van der Waals surface area contributed by atoms with Gasteiger partial charge in [-0.1, -0.05) is 27.5 Å². The summed E-state index contributed by atoms with van der Waals surface area (Å²) < 4.78 is 15.6. The van der Waals surface area contributed by atoms with E-state index in [2.05, 4.69) is 15.9 Å². The van der Waals surface area contributed by atoms with Gasteiger partial charge >= 0.3 is 11.9 Å². The first-order valence-corrected chi connectivity index (χ1v) is 7.36. The maximum absolute atomic E-state index is 12.1. The number of halogens is 2. The van der Waals surface area contributed by atoms with Crippen LogP contribution in [-0.2, 0) is 23.8 Å². The number of ether oxygens (including phenoxy) is 3. The quantitative estimate of drug-likeness (QED) is 0.739. The van der Waals surface area contributed by atoms with Gasteiger partial charge < -0.3 is 19.1 Å². The van der Waals surface area contributed by atoms with Crippen molar-refractivity contribution in [1.29, 1.82) is 0 Å². The number of esters is 2. The van der Waals surface area contributed by atoms with Gasteiger partial charge in [-0.05, 0) is 18.2 Å². The van der Waals surface area contributed by atoms with Gasteiger partial charge in [-0.25, -0.2) is 9.59 Å². The monoisotopic (exact) mass is 389 g/mol. The average Bonchev–Trinajstić information content (AvgIpc) is 2.51. The molecule has 8 heteroatoms. The molecule has 0 spiro atoms. The Hall–Kier alpha value is -1.57. The van der Waals surface area contributed by atoms with Crippen molar-refractivity contribution in [3.63, 3.8) is 0 Å². The Bertz CT molecular complexity index is 626. The fraction of sp³-hybridized carbons (Fsp3) is 0.286. The van der Waals surface area contributed by atoms with Gasteiger partial charge in [0.1, 0.15) is 12.4 Å². The van der Waals surface area contributed by atoms with E-state index in [1.807, 2.05) is 0 Å². The van der Waals surface area contributed by atoms with Gasteiger partial charge in [-0.2, -0.15) is 0 Å². The summed E-state index contributed by atoms with van der Waals surface area (Å²) in [5, 5.41) is 0.471. The zero-order valence-electron chi connectivity index (χ0n) is 11.9. The number of hydrogen-bond donors (Lipinski definition) is 0. The minimum Gasteiger partial charge on any atom is -0.466 e. The molecule has 1 aromatic rings. The van der Waals surface area contributed by atoms with Crippen LogP contribution in [-0.4, -0.2) is 39.5 Å². The lowest BCUT2D eigenvalue weighted by atomic mass is 10.1. The predicted octanol–water partition coefficient (Wildman–Crippen LogP) is 2.50. The number of rotatable bonds is 3. The second kappa shape index (κ2) is 7.13. The lowest BCUT2D eigenvalue weighted by Gasteiger charge is -2.31. The minimum atomic E-state index is -0.653. The van der Waals surface area contributed by atoms with E-state index in [4.69, 9.17) is 25.8 Å². The Morgan fingerprint density at radius 3 is 2.50 bits per heavy atom. The molecule has 1 aliphatic heterocycles. The van der Waals surface area contributed by atoms with Crippen molar-refractivity contribution < 1.29 is 23.8 Å². The van der Waals surface area contributed by atoms with Crippen LogP contribution in [0.2, 0.25) is 5.02 Å².